The second-order valence-electron chi connectivity index (χ2n) is 10.6. The molecule has 0 N–H and O–H groups in total. The first kappa shape index (κ1) is 23.9. The minimum Gasteiger partial charge on any atom is -0.0837 e. The van der Waals surface area contributed by atoms with Crippen molar-refractivity contribution in [2.24, 2.45) is 0 Å². The molecular weight excluding hydrogens is 516 g/mol. The molecule has 8 aromatic carbocycles. The van der Waals surface area contributed by atoms with E-state index in [4.69, 9.17) is 11.6 Å². The third kappa shape index (κ3) is 3.91. The van der Waals surface area contributed by atoms with Crippen LogP contribution < -0.4 is 0 Å². The van der Waals surface area contributed by atoms with E-state index in [1.165, 1.54) is 71.1 Å². The first-order chi connectivity index (χ1) is 20.3. The third-order valence-electron chi connectivity index (χ3n) is 8.35. The van der Waals surface area contributed by atoms with Crippen LogP contribution in [0.2, 0.25) is 5.02 Å². The predicted molar refractivity (Wildman–Crippen MR) is 178 cm³/mol. The van der Waals surface area contributed by atoms with Gasteiger partial charge in [0.2, 0.25) is 0 Å². The van der Waals surface area contributed by atoms with E-state index in [1.54, 1.807) is 0 Å². The maximum atomic E-state index is 6.63. The van der Waals surface area contributed by atoms with Crippen molar-refractivity contribution in [1.29, 1.82) is 0 Å². The van der Waals surface area contributed by atoms with Gasteiger partial charge < -0.3 is 0 Å². The molecule has 0 amide bonds. The van der Waals surface area contributed by atoms with Crippen LogP contribution in [0.5, 0.6) is 0 Å². The molecule has 0 spiro atoms. The predicted octanol–water partition coefficient (Wildman–Crippen LogP) is 12.0. The maximum absolute atomic E-state index is 6.63. The van der Waals surface area contributed by atoms with Crippen LogP contribution in [-0.2, 0) is 0 Å². The Morgan fingerprint density at radius 3 is 1.34 bits per heavy atom. The minimum atomic E-state index is 0.780. The van der Waals surface area contributed by atoms with Gasteiger partial charge in [-0.2, -0.15) is 0 Å². The molecule has 0 aromatic heterocycles. The van der Waals surface area contributed by atoms with Gasteiger partial charge in [-0.15, -0.1) is 0 Å². The Kier molecular flexibility index (Phi) is 5.62. The van der Waals surface area contributed by atoms with E-state index in [0.717, 1.165) is 10.4 Å². The Hall–Kier alpha value is -4.91. The van der Waals surface area contributed by atoms with E-state index in [2.05, 4.69) is 146 Å². The van der Waals surface area contributed by atoms with Gasteiger partial charge in [0, 0.05) is 10.4 Å². The molecule has 0 radical (unpaired) electrons. The number of fused-ring (bicyclic) bond motifs is 6. The van der Waals surface area contributed by atoms with Crippen LogP contribution in [0.15, 0.2) is 152 Å². The van der Waals surface area contributed by atoms with Crippen molar-refractivity contribution < 1.29 is 0 Å². The van der Waals surface area contributed by atoms with E-state index in [0.29, 0.717) is 0 Å². The smallest absolute Gasteiger partial charge is 0.0484 e. The lowest BCUT2D eigenvalue weighted by Gasteiger charge is -2.17. The molecule has 0 aliphatic carbocycles. The lowest BCUT2D eigenvalue weighted by molar-refractivity contribution is 1.61. The molecule has 0 heterocycles. The lowest BCUT2D eigenvalue weighted by atomic mass is 9.86. The molecule has 8 aromatic rings. The van der Waals surface area contributed by atoms with Gasteiger partial charge in [0.1, 0.15) is 0 Å². The topological polar surface area (TPSA) is 0 Å². The maximum Gasteiger partial charge on any atom is 0.0484 e. The molecule has 192 valence electrons. The van der Waals surface area contributed by atoms with E-state index in [-0.39, 0.29) is 0 Å². The molecular formula is C40H25Cl. The van der Waals surface area contributed by atoms with Gasteiger partial charge in [0.05, 0.1) is 0 Å². The van der Waals surface area contributed by atoms with Crippen LogP contribution in [0.4, 0.5) is 0 Å². The monoisotopic (exact) mass is 540 g/mol. The Labute approximate surface area is 244 Å². The molecule has 0 saturated heterocycles. The van der Waals surface area contributed by atoms with Crippen LogP contribution in [0, 0.1) is 0 Å². The van der Waals surface area contributed by atoms with Gasteiger partial charge >= 0.3 is 0 Å². The fourth-order valence-corrected chi connectivity index (χ4v) is 6.61. The van der Waals surface area contributed by atoms with Gasteiger partial charge in [-0.05, 0) is 89.3 Å². The molecule has 0 fully saturated rings. The number of hydrogen-bond donors (Lipinski definition) is 0. The van der Waals surface area contributed by atoms with E-state index >= 15 is 0 Å². The summed E-state index contributed by atoms with van der Waals surface area (Å²) in [5.74, 6) is 0. The number of halogens is 1. The van der Waals surface area contributed by atoms with Gasteiger partial charge in [-0.1, -0.05) is 145 Å². The summed E-state index contributed by atoms with van der Waals surface area (Å²) < 4.78 is 0. The summed E-state index contributed by atoms with van der Waals surface area (Å²) in [6.07, 6.45) is 0. The largest absolute Gasteiger partial charge is 0.0837 e. The Balaban J connectivity index is 1.42. The highest BCUT2D eigenvalue weighted by molar-refractivity contribution is 6.36. The molecule has 0 saturated carbocycles. The van der Waals surface area contributed by atoms with Crippen molar-refractivity contribution in [3.63, 3.8) is 0 Å². The lowest BCUT2D eigenvalue weighted by Crippen LogP contribution is -1.90. The second kappa shape index (κ2) is 9.63. The van der Waals surface area contributed by atoms with Crippen molar-refractivity contribution in [2.45, 2.75) is 0 Å². The zero-order valence-corrected chi connectivity index (χ0v) is 23.1. The fraction of sp³-hybridized carbons (Fsp3) is 0. The summed E-state index contributed by atoms with van der Waals surface area (Å²) in [4.78, 5) is 0. The normalized spacial score (nSPS) is 11.5. The quantitative estimate of drug-likeness (QED) is 0.195. The Bertz CT molecular complexity index is 2240. The summed E-state index contributed by atoms with van der Waals surface area (Å²) in [6.45, 7) is 0. The van der Waals surface area contributed by atoms with Crippen LogP contribution in [0.25, 0.3) is 76.5 Å². The van der Waals surface area contributed by atoms with Crippen molar-refractivity contribution >= 4 is 54.7 Å². The molecule has 0 aliphatic rings. The van der Waals surface area contributed by atoms with Crippen molar-refractivity contribution in [3.8, 4) is 33.4 Å². The van der Waals surface area contributed by atoms with Gasteiger partial charge in [0.15, 0.2) is 0 Å². The SMILES string of the molecule is Clc1ccc(-c2cc3c4ccccc4c(-c4ccc(-c5ccccc5)cc4)cc3c3ccccc23)c2ccccc12. The van der Waals surface area contributed by atoms with Crippen LogP contribution in [0.1, 0.15) is 0 Å². The molecule has 0 unspecified atom stereocenters. The molecule has 41 heavy (non-hydrogen) atoms. The van der Waals surface area contributed by atoms with Crippen molar-refractivity contribution in [3.05, 3.63) is 157 Å². The summed E-state index contributed by atoms with van der Waals surface area (Å²) in [5, 5.41) is 10.6. The molecule has 0 bridgehead atoms. The summed E-state index contributed by atoms with van der Waals surface area (Å²) >= 11 is 6.63. The number of benzene rings is 8. The van der Waals surface area contributed by atoms with Gasteiger partial charge in [0.25, 0.3) is 0 Å². The summed E-state index contributed by atoms with van der Waals surface area (Å²) in [7, 11) is 0. The highest BCUT2D eigenvalue weighted by Gasteiger charge is 2.16. The average Bonchev–Trinajstić information content (AvgIpc) is 3.05. The fourth-order valence-electron chi connectivity index (χ4n) is 6.38. The highest BCUT2D eigenvalue weighted by Crippen LogP contribution is 2.43. The Morgan fingerprint density at radius 1 is 0.268 bits per heavy atom. The molecule has 0 nitrogen and oxygen atoms in total. The standard InChI is InChI=1S/C40H25Cl/c41-40-23-22-34(29-12-8-9-17-35(29)40)37-25-39-31-14-5-4-13-30(31)36(24-38(39)33-16-7-6-15-32(33)37)28-20-18-27(19-21-28)26-10-2-1-3-11-26/h1-25H. The first-order valence-electron chi connectivity index (χ1n) is 14.0. The highest BCUT2D eigenvalue weighted by atomic mass is 35.5. The molecule has 0 atom stereocenters. The minimum absolute atomic E-state index is 0.780. The number of hydrogen-bond acceptors (Lipinski definition) is 0. The van der Waals surface area contributed by atoms with Gasteiger partial charge in [-0.3, -0.25) is 0 Å². The Morgan fingerprint density at radius 2 is 0.707 bits per heavy atom. The third-order valence-corrected chi connectivity index (χ3v) is 8.68. The van der Waals surface area contributed by atoms with Crippen molar-refractivity contribution in [1.82, 2.24) is 0 Å². The van der Waals surface area contributed by atoms with E-state index in [1.807, 2.05) is 6.07 Å². The van der Waals surface area contributed by atoms with Crippen LogP contribution >= 0.6 is 11.6 Å². The van der Waals surface area contributed by atoms with Gasteiger partial charge in [-0.25, -0.2) is 0 Å². The first-order valence-corrected chi connectivity index (χ1v) is 14.3. The zero-order valence-electron chi connectivity index (χ0n) is 22.3. The summed E-state index contributed by atoms with van der Waals surface area (Å²) in [6, 6.07) is 54.5. The second-order valence-corrected chi connectivity index (χ2v) is 11.0. The van der Waals surface area contributed by atoms with E-state index in [9.17, 15) is 0 Å². The molecule has 8 rings (SSSR count). The van der Waals surface area contributed by atoms with Crippen LogP contribution in [-0.4, -0.2) is 0 Å². The summed E-state index contributed by atoms with van der Waals surface area (Å²) in [5.41, 5.74) is 7.36. The van der Waals surface area contributed by atoms with Crippen molar-refractivity contribution in [2.75, 3.05) is 0 Å². The number of rotatable bonds is 3. The molecule has 1 heteroatoms. The molecule has 0 aliphatic heterocycles. The van der Waals surface area contributed by atoms with E-state index < -0.39 is 0 Å². The van der Waals surface area contributed by atoms with Crippen LogP contribution in [0.3, 0.4) is 0 Å². The zero-order chi connectivity index (χ0) is 27.3. The average molecular weight is 541 g/mol.